The Morgan fingerprint density at radius 2 is 2.11 bits per heavy atom. The number of fused-ring (bicyclic) bond motifs is 1. The van der Waals surface area contributed by atoms with Gasteiger partial charge < -0.3 is 21.0 Å². The number of nitrogens with zero attached hydrogens (tertiary/aromatic N) is 6. The van der Waals surface area contributed by atoms with Crippen molar-refractivity contribution in [1.29, 1.82) is 0 Å². The van der Waals surface area contributed by atoms with Gasteiger partial charge in [-0.05, 0) is 38.2 Å². The maximum Gasteiger partial charge on any atom is 0.352 e. The van der Waals surface area contributed by atoms with Crippen LogP contribution in [0.1, 0.15) is 36.5 Å². The summed E-state index contributed by atoms with van der Waals surface area (Å²) in [5.41, 5.74) is 6.07. The number of carbonyl (C=O) groups excluding carboxylic acids is 2. The molecule has 2 aromatic heterocycles. The van der Waals surface area contributed by atoms with Crippen LogP contribution in [0, 0.1) is 6.92 Å². The summed E-state index contributed by atoms with van der Waals surface area (Å²) in [7, 11) is 0. The third-order valence-corrected chi connectivity index (χ3v) is 9.82. The molecule has 2 atom stereocenters. The number of nitrogen functional groups attached to an aromatic ring is 1. The molecule has 5 rings (SSSR count). The molecule has 0 radical (unpaired) electrons. The Morgan fingerprint density at radius 1 is 1.32 bits per heavy atom. The number of β-lactam (4-membered cyclic amide) rings is 1. The molecule has 37 heavy (non-hydrogen) atoms. The molecule has 1 saturated carbocycles. The fraction of sp³-hybridized carbons (Fsp3) is 0.500. The van der Waals surface area contributed by atoms with Crippen LogP contribution in [0.15, 0.2) is 20.8 Å². The first-order chi connectivity index (χ1) is 17.8. The molecule has 17 heteroatoms. The van der Waals surface area contributed by atoms with Crippen molar-refractivity contribution in [2.75, 3.05) is 17.2 Å². The van der Waals surface area contributed by atoms with Crippen LogP contribution >= 0.6 is 46.4 Å². The minimum atomic E-state index is -1.19. The molecule has 4 N–H and O–H groups in total. The average molecular weight is 583 g/mol. The Bertz CT molecular complexity index is 1290. The number of hydrogen-bond donors (Lipinski definition) is 3. The van der Waals surface area contributed by atoms with Crippen molar-refractivity contribution in [3.63, 3.8) is 0 Å². The molecule has 196 valence electrons. The van der Waals surface area contributed by atoms with Crippen molar-refractivity contribution in [2.24, 2.45) is 5.16 Å². The van der Waals surface area contributed by atoms with E-state index < -0.39 is 29.2 Å². The number of oxime groups is 1. The highest BCUT2D eigenvalue weighted by Crippen LogP contribution is 2.41. The predicted molar refractivity (Wildman–Crippen MR) is 139 cm³/mol. The van der Waals surface area contributed by atoms with E-state index >= 15 is 0 Å². The van der Waals surface area contributed by atoms with Gasteiger partial charge in [0.25, 0.3) is 11.8 Å². The molecular formula is C20H22N8O5S4. The monoisotopic (exact) mass is 582 g/mol. The highest BCUT2D eigenvalue weighted by Gasteiger charge is 2.54. The number of amides is 2. The summed E-state index contributed by atoms with van der Waals surface area (Å²) in [6.45, 7) is 1.84. The highest BCUT2D eigenvalue weighted by atomic mass is 32.2. The van der Waals surface area contributed by atoms with Gasteiger partial charge in [-0.25, -0.2) is 4.79 Å². The molecule has 0 spiro atoms. The Labute approximate surface area is 227 Å². The number of aliphatic carboxylic acids is 1. The second kappa shape index (κ2) is 10.9. The normalized spacial score (nSPS) is 22.1. The fourth-order valence-electron chi connectivity index (χ4n) is 4.13. The largest absolute Gasteiger partial charge is 0.477 e. The zero-order valence-corrected chi connectivity index (χ0v) is 22.7. The van der Waals surface area contributed by atoms with Crippen molar-refractivity contribution in [3.8, 4) is 0 Å². The number of thioether (sulfide) groups is 2. The minimum absolute atomic E-state index is 0.00951. The number of aromatic nitrogens is 4. The second-order valence-electron chi connectivity index (χ2n) is 8.40. The molecule has 2 unspecified atom stereocenters. The third-order valence-electron chi connectivity index (χ3n) is 5.88. The van der Waals surface area contributed by atoms with Crippen LogP contribution in [-0.4, -0.2) is 82.1 Å². The lowest BCUT2D eigenvalue weighted by Gasteiger charge is -2.49. The number of carboxylic acid groups (broad SMARTS) is 1. The van der Waals surface area contributed by atoms with Gasteiger partial charge in [-0.3, -0.25) is 14.5 Å². The first-order valence-electron chi connectivity index (χ1n) is 11.3. The van der Waals surface area contributed by atoms with E-state index in [1.807, 2.05) is 6.92 Å². The van der Waals surface area contributed by atoms with Crippen LogP contribution in [0.4, 0.5) is 5.13 Å². The van der Waals surface area contributed by atoms with Crippen molar-refractivity contribution in [1.82, 2.24) is 29.8 Å². The molecule has 3 aliphatic rings. The standard InChI is InChI=1S/C20H22N8O5S4/c1-8-24-25-20(36-8)35-7-9-6-34-17-12(16(30)28(17)13(9)18(31)32)22-15(29)11(14-23-19(21)37-27-14)26-33-10-4-2-3-5-10/h10,12,17H,2-7H2,1H3,(H,22,29)(H,31,32)(H2,21,23,27)/b26-11+. The van der Waals surface area contributed by atoms with E-state index in [0.29, 0.717) is 17.1 Å². The Kier molecular flexibility index (Phi) is 7.64. The van der Waals surface area contributed by atoms with Gasteiger partial charge in [0.2, 0.25) is 11.5 Å². The van der Waals surface area contributed by atoms with Gasteiger partial charge in [0.05, 0.1) is 0 Å². The topological polar surface area (TPSA) is 186 Å². The fourth-order valence-corrected chi connectivity index (χ4v) is 7.86. The van der Waals surface area contributed by atoms with Gasteiger partial charge in [-0.1, -0.05) is 28.3 Å². The number of hydrogen-bond acceptors (Lipinski definition) is 14. The summed E-state index contributed by atoms with van der Waals surface area (Å²) in [5.74, 6) is -1.63. The number of nitrogens with two attached hydrogens (primary N) is 1. The van der Waals surface area contributed by atoms with E-state index in [1.165, 1.54) is 39.8 Å². The number of rotatable bonds is 9. The van der Waals surface area contributed by atoms with Crippen molar-refractivity contribution in [2.45, 2.75) is 54.5 Å². The molecule has 4 heterocycles. The Balaban J connectivity index is 1.30. The summed E-state index contributed by atoms with van der Waals surface area (Å²) in [5, 5.41) is 25.0. The van der Waals surface area contributed by atoms with Gasteiger partial charge in [0, 0.05) is 23.0 Å². The van der Waals surface area contributed by atoms with Crippen LogP contribution in [-0.2, 0) is 19.2 Å². The van der Waals surface area contributed by atoms with E-state index in [4.69, 9.17) is 10.6 Å². The molecule has 0 aromatic carbocycles. The molecule has 2 amide bonds. The van der Waals surface area contributed by atoms with Crippen LogP contribution in [0.2, 0.25) is 0 Å². The van der Waals surface area contributed by atoms with Crippen molar-refractivity contribution in [3.05, 3.63) is 22.1 Å². The van der Waals surface area contributed by atoms with E-state index in [0.717, 1.165) is 46.6 Å². The van der Waals surface area contributed by atoms with Gasteiger partial charge in [-0.15, -0.1) is 22.0 Å². The Morgan fingerprint density at radius 3 is 2.76 bits per heavy atom. The number of nitrogens with one attached hydrogen (secondary N) is 1. The first kappa shape index (κ1) is 25.9. The number of carboxylic acids is 1. The maximum absolute atomic E-state index is 13.2. The zero-order chi connectivity index (χ0) is 26.1. The molecule has 2 aliphatic heterocycles. The molecule has 2 fully saturated rings. The summed E-state index contributed by atoms with van der Waals surface area (Å²) >= 11 is 5.10. The molecule has 13 nitrogen and oxygen atoms in total. The molecule has 2 aromatic rings. The van der Waals surface area contributed by atoms with Gasteiger partial charge in [0.1, 0.15) is 28.2 Å². The first-order valence-corrected chi connectivity index (χ1v) is 14.9. The lowest BCUT2D eigenvalue weighted by molar-refractivity contribution is -0.150. The van der Waals surface area contributed by atoms with Crippen molar-refractivity contribution >= 4 is 75.0 Å². The number of aryl methyl sites for hydroxylation is 1. The van der Waals surface area contributed by atoms with E-state index in [1.54, 1.807) is 0 Å². The summed E-state index contributed by atoms with van der Waals surface area (Å²) in [6.07, 6.45) is 3.62. The smallest absolute Gasteiger partial charge is 0.352 e. The summed E-state index contributed by atoms with van der Waals surface area (Å²) in [4.78, 5) is 49.1. The molecule has 0 bridgehead atoms. The summed E-state index contributed by atoms with van der Waals surface area (Å²) < 4.78 is 4.79. The zero-order valence-electron chi connectivity index (χ0n) is 19.4. The van der Waals surface area contributed by atoms with E-state index in [-0.39, 0.29) is 28.5 Å². The van der Waals surface area contributed by atoms with Crippen LogP contribution in [0.5, 0.6) is 0 Å². The maximum atomic E-state index is 13.2. The lowest BCUT2D eigenvalue weighted by atomic mass is 10.0. The molecule has 1 saturated heterocycles. The van der Waals surface area contributed by atoms with E-state index in [9.17, 15) is 19.5 Å². The van der Waals surface area contributed by atoms with Crippen LogP contribution in [0.25, 0.3) is 0 Å². The van der Waals surface area contributed by atoms with E-state index in [2.05, 4.69) is 30.0 Å². The molecule has 1 aliphatic carbocycles. The Hall–Kier alpha value is -2.76. The van der Waals surface area contributed by atoms with Gasteiger partial charge >= 0.3 is 5.97 Å². The highest BCUT2D eigenvalue weighted by molar-refractivity contribution is 8.01. The SMILES string of the molecule is Cc1nnc(SCC2=C(C(=O)O)N3C(=O)C(NC(=O)/C(=N/OC4CCCC4)c4nsc(N)n4)C3SC2)s1. The predicted octanol–water partition coefficient (Wildman–Crippen LogP) is 1.47. The average Bonchev–Trinajstić information content (AvgIpc) is 3.64. The second-order valence-corrected chi connectivity index (χ2v) is 12.7. The lowest BCUT2D eigenvalue weighted by Crippen LogP contribution is -2.71. The summed E-state index contributed by atoms with van der Waals surface area (Å²) in [6, 6.07) is -0.931. The quantitative estimate of drug-likeness (QED) is 0.168. The van der Waals surface area contributed by atoms with Crippen LogP contribution in [0.3, 0.4) is 0 Å². The third kappa shape index (κ3) is 5.44. The van der Waals surface area contributed by atoms with Crippen LogP contribution < -0.4 is 11.1 Å². The van der Waals surface area contributed by atoms with Crippen molar-refractivity contribution < 1.29 is 24.3 Å². The number of anilines is 1. The minimum Gasteiger partial charge on any atom is -0.477 e. The molecular weight excluding hydrogens is 561 g/mol. The number of carbonyl (C=O) groups is 3. The van der Waals surface area contributed by atoms with Gasteiger partial charge in [0.15, 0.2) is 9.47 Å². The van der Waals surface area contributed by atoms with Gasteiger partial charge in [-0.2, -0.15) is 9.36 Å².